The third-order valence-electron chi connectivity index (χ3n) is 0.239. The largest absolute Gasteiger partial charge is 0.640 e. The molecule has 0 spiro atoms. The van der Waals surface area contributed by atoms with Gasteiger partial charge in [-0.1, -0.05) is 0 Å². The standard InChI is InChI=1S/CH2BF3O3.FH/c3-1(4,5)8-2(6)7;/h6-7H;1H. The molecule has 2 N–H and O–H groups in total. The molecule has 0 amide bonds. The molecule has 0 radical (unpaired) electrons. The molecule has 3 nitrogen and oxygen atoms in total. The summed E-state index contributed by atoms with van der Waals surface area (Å²) in [6, 6.07) is 0. The van der Waals surface area contributed by atoms with Gasteiger partial charge in [0.1, 0.15) is 0 Å². The van der Waals surface area contributed by atoms with Crippen molar-refractivity contribution in [2.24, 2.45) is 0 Å². The third-order valence-corrected chi connectivity index (χ3v) is 0.239. The van der Waals surface area contributed by atoms with Crippen LogP contribution >= 0.6 is 0 Å². The second kappa shape index (κ2) is 3.65. The molecule has 0 heterocycles. The van der Waals surface area contributed by atoms with Crippen molar-refractivity contribution in [1.29, 1.82) is 0 Å². The SMILES string of the molecule is F.OB(O)OC(F)(F)F. The summed E-state index contributed by atoms with van der Waals surface area (Å²) >= 11 is 0. The van der Waals surface area contributed by atoms with Crippen molar-refractivity contribution >= 4 is 7.32 Å². The molecule has 56 valence electrons. The van der Waals surface area contributed by atoms with Gasteiger partial charge < -0.3 is 10.0 Å². The molecule has 0 rings (SSSR count). The number of hydrogen-bond donors (Lipinski definition) is 2. The molecule has 9 heavy (non-hydrogen) atoms. The Kier molecular flexibility index (Phi) is 4.64. The Morgan fingerprint density at radius 1 is 1.22 bits per heavy atom. The second-order valence-corrected chi connectivity index (χ2v) is 0.890. The molecule has 0 atom stereocenters. The van der Waals surface area contributed by atoms with Gasteiger partial charge in [0.05, 0.1) is 0 Å². The first-order chi connectivity index (χ1) is 3.42. The zero-order valence-electron chi connectivity index (χ0n) is 3.92. The maximum absolute atomic E-state index is 10.8. The van der Waals surface area contributed by atoms with Crippen LogP contribution in [0, 0.1) is 0 Å². The molecule has 0 unspecified atom stereocenters. The van der Waals surface area contributed by atoms with Crippen LogP contribution in [0.5, 0.6) is 0 Å². The van der Waals surface area contributed by atoms with Crippen LogP contribution < -0.4 is 0 Å². The Morgan fingerprint density at radius 3 is 1.56 bits per heavy atom. The van der Waals surface area contributed by atoms with Crippen molar-refractivity contribution in [2.45, 2.75) is 6.36 Å². The normalized spacial score (nSPS) is 10.3. The van der Waals surface area contributed by atoms with Crippen molar-refractivity contribution in [2.75, 3.05) is 0 Å². The Hall–Kier alpha value is -0.335. The minimum absolute atomic E-state index is 0. The van der Waals surface area contributed by atoms with Gasteiger partial charge in [0.25, 0.3) is 0 Å². The fraction of sp³-hybridized carbons (Fsp3) is 1.00. The van der Waals surface area contributed by atoms with Crippen molar-refractivity contribution in [3.05, 3.63) is 0 Å². The van der Waals surface area contributed by atoms with Crippen LogP contribution in [0.15, 0.2) is 0 Å². The summed E-state index contributed by atoms with van der Waals surface area (Å²) in [4.78, 5) is 0. The lowest BCUT2D eigenvalue weighted by molar-refractivity contribution is -0.288. The molecule has 0 aromatic carbocycles. The predicted molar refractivity (Wildman–Crippen MR) is 19.8 cm³/mol. The van der Waals surface area contributed by atoms with Gasteiger partial charge in [-0.25, -0.2) is 0 Å². The van der Waals surface area contributed by atoms with E-state index in [2.05, 4.69) is 4.65 Å². The topological polar surface area (TPSA) is 49.7 Å². The first-order valence-corrected chi connectivity index (χ1v) is 1.52. The number of hydrogen-bond acceptors (Lipinski definition) is 3. The monoisotopic (exact) mass is 150 g/mol. The van der Waals surface area contributed by atoms with Gasteiger partial charge >= 0.3 is 13.7 Å². The highest BCUT2D eigenvalue weighted by Gasteiger charge is 2.34. The summed E-state index contributed by atoms with van der Waals surface area (Å²) in [5.74, 6) is 0. The van der Waals surface area contributed by atoms with Crippen molar-refractivity contribution < 1.29 is 32.6 Å². The van der Waals surface area contributed by atoms with E-state index in [4.69, 9.17) is 10.0 Å². The van der Waals surface area contributed by atoms with Crippen LogP contribution in [-0.2, 0) is 4.65 Å². The summed E-state index contributed by atoms with van der Waals surface area (Å²) in [5.41, 5.74) is 0. The van der Waals surface area contributed by atoms with E-state index in [0.29, 0.717) is 0 Å². The Labute approximate surface area is 47.6 Å². The fourth-order valence-electron chi connectivity index (χ4n) is 0.120. The quantitative estimate of drug-likeness (QED) is 0.396. The minimum atomic E-state index is -4.98. The highest BCUT2D eigenvalue weighted by Crippen LogP contribution is 2.15. The zero-order valence-corrected chi connectivity index (χ0v) is 3.92. The van der Waals surface area contributed by atoms with Gasteiger partial charge in [-0.15, -0.1) is 13.2 Å². The van der Waals surface area contributed by atoms with Crippen LogP contribution in [-0.4, -0.2) is 23.7 Å². The summed E-state index contributed by atoms with van der Waals surface area (Å²) in [7, 11) is -2.78. The number of halogens is 4. The van der Waals surface area contributed by atoms with Gasteiger partial charge in [0.15, 0.2) is 0 Å². The van der Waals surface area contributed by atoms with Crippen molar-refractivity contribution in [3.63, 3.8) is 0 Å². The lowest BCUT2D eigenvalue weighted by Crippen LogP contribution is -2.27. The molecule has 0 fully saturated rings. The van der Waals surface area contributed by atoms with Crippen LogP contribution in [0.1, 0.15) is 0 Å². The van der Waals surface area contributed by atoms with E-state index < -0.39 is 13.7 Å². The average Bonchev–Trinajstić information content (AvgIpc) is 1.21. The van der Waals surface area contributed by atoms with E-state index in [1.165, 1.54) is 0 Å². The van der Waals surface area contributed by atoms with E-state index >= 15 is 0 Å². The molecule has 0 aromatic heterocycles. The molecule has 0 saturated heterocycles. The molecule has 8 heteroatoms. The van der Waals surface area contributed by atoms with Gasteiger partial charge in [-0.05, 0) is 0 Å². The van der Waals surface area contributed by atoms with Crippen molar-refractivity contribution in [3.8, 4) is 0 Å². The highest BCUT2D eigenvalue weighted by atomic mass is 19.4. The van der Waals surface area contributed by atoms with E-state index in [9.17, 15) is 13.2 Å². The number of alkyl halides is 3. The van der Waals surface area contributed by atoms with E-state index in [1.807, 2.05) is 0 Å². The molecule has 0 saturated carbocycles. The molecule has 0 aromatic rings. The summed E-state index contributed by atoms with van der Waals surface area (Å²) in [5, 5.41) is 15.0. The first kappa shape index (κ1) is 11.5. The Morgan fingerprint density at radius 2 is 1.56 bits per heavy atom. The van der Waals surface area contributed by atoms with E-state index in [1.54, 1.807) is 0 Å². The van der Waals surface area contributed by atoms with Crippen molar-refractivity contribution in [1.82, 2.24) is 0 Å². The average molecular weight is 150 g/mol. The zero-order chi connectivity index (χ0) is 6.78. The van der Waals surface area contributed by atoms with Crippen LogP contribution in [0.3, 0.4) is 0 Å². The van der Waals surface area contributed by atoms with Crippen LogP contribution in [0.25, 0.3) is 0 Å². The maximum Gasteiger partial charge on any atom is 0.640 e. The Balaban J connectivity index is 0. The summed E-state index contributed by atoms with van der Waals surface area (Å²) in [6.45, 7) is 0. The van der Waals surface area contributed by atoms with Gasteiger partial charge in [-0.3, -0.25) is 9.36 Å². The highest BCUT2D eigenvalue weighted by molar-refractivity contribution is 6.32. The molecule has 0 aliphatic rings. The number of rotatable bonds is 1. The lowest BCUT2D eigenvalue weighted by Gasteiger charge is -2.03. The molecular weight excluding hydrogens is 147 g/mol. The smallest absolute Gasteiger partial charge is 0.402 e. The predicted octanol–water partition coefficient (Wildman–Crippen LogP) is -0.355. The third kappa shape index (κ3) is 11.3. The molecule has 0 bridgehead atoms. The Bertz CT molecular complexity index is 70.7. The minimum Gasteiger partial charge on any atom is -0.402 e. The maximum atomic E-state index is 10.8. The van der Waals surface area contributed by atoms with Gasteiger partial charge in [0.2, 0.25) is 0 Å². The second-order valence-electron chi connectivity index (χ2n) is 0.890. The van der Waals surface area contributed by atoms with Crippen LogP contribution in [0.2, 0.25) is 0 Å². The molecule has 0 aliphatic heterocycles. The molecular formula is CH3BF4O3. The fourth-order valence-corrected chi connectivity index (χ4v) is 0.120. The summed E-state index contributed by atoms with van der Waals surface area (Å²) in [6.07, 6.45) is -4.98. The van der Waals surface area contributed by atoms with Crippen LogP contribution in [0.4, 0.5) is 17.9 Å². The van der Waals surface area contributed by atoms with E-state index in [0.717, 1.165) is 0 Å². The molecule has 0 aliphatic carbocycles. The van der Waals surface area contributed by atoms with Gasteiger partial charge in [0, 0.05) is 0 Å². The van der Waals surface area contributed by atoms with Gasteiger partial charge in [-0.2, -0.15) is 0 Å². The first-order valence-electron chi connectivity index (χ1n) is 1.52. The van der Waals surface area contributed by atoms with E-state index in [-0.39, 0.29) is 4.70 Å². The summed E-state index contributed by atoms with van der Waals surface area (Å²) < 4.78 is 34.8. The lowest BCUT2D eigenvalue weighted by atomic mass is 10.3.